The van der Waals surface area contributed by atoms with Crippen LogP contribution >= 0.6 is 11.6 Å². The number of anilines is 1. The van der Waals surface area contributed by atoms with Gasteiger partial charge in [0.15, 0.2) is 0 Å². The SMILES string of the molecule is CCCC(OC)c1noc(-c2cc(Cl)ccc2N)n1. The molecule has 1 heterocycles. The standard InChI is InChI=1S/C13H16ClN3O2/c1-3-4-11(18-2)12-16-13(19-17-12)9-7-8(14)5-6-10(9)15/h5-7,11H,3-4,15H2,1-2H3. The van der Waals surface area contributed by atoms with Crippen LogP contribution in [0.4, 0.5) is 5.69 Å². The fourth-order valence-corrected chi connectivity index (χ4v) is 1.98. The van der Waals surface area contributed by atoms with Crippen molar-refractivity contribution in [1.29, 1.82) is 0 Å². The van der Waals surface area contributed by atoms with Crippen LogP contribution in [-0.4, -0.2) is 17.3 Å². The largest absolute Gasteiger partial charge is 0.398 e. The Morgan fingerprint density at radius 3 is 2.95 bits per heavy atom. The Bertz CT molecular complexity index is 557. The van der Waals surface area contributed by atoms with Crippen molar-refractivity contribution < 1.29 is 9.26 Å². The Morgan fingerprint density at radius 2 is 2.26 bits per heavy atom. The Balaban J connectivity index is 2.32. The Kier molecular flexibility index (Phi) is 4.39. The predicted molar refractivity (Wildman–Crippen MR) is 73.8 cm³/mol. The molecule has 0 spiro atoms. The third-order valence-corrected chi connectivity index (χ3v) is 3.05. The quantitative estimate of drug-likeness (QED) is 0.850. The number of nitrogen functional groups attached to an aromatic ring is 1. The summed E-state index contributed by atoms with van der Waals surface area (Å²) in [5.74, 6) is 0.881. The number of rotatable bonds is 5. The van der Waals surface area contributed by atoms with E-state index in [9.17, 15) is 0 Å². The maximum atomic E-state index is 5.94. The van der Waals surface area contributed by atoms with Gasteiger partial charge in [0.1, 0.15) is 6.10 Å². The van der Waals surface area contributed by atoms with Gasteiger partial charge in [0.25, 0.3) is 5.89 Å². The molecule has 0 amide bonds. The van der Waals surface area contributed by atoms with E-state index >= 15 is 0 Å². The second-order valence-corrected chi connectivity index (χ2v) is 4.64. The molecule has 0 aliphatic heterocycles. The molecule has 0 saturated heterocycles. The zero-order valence-corrected chi connectivity index (χ0v) is 11.6. The number of hydrogen-bond acceptors (Lipinski definition) is 5. The number of ether oxygens (including phenoxy) is 1. The highest BCUT2D eigenvalue weighted by Gasteiger charge is 2.19. The van der Waals surface area contributed by atoms with Crippen molar-refractivity contribution in [2.45, 2.75) is 25.9 Å². The number of hydrogen-bond donors (Lipinski definition) is 1. The highest BCUT2D eigenvalue weighted by Crippen LogP contribution is 2.29. The highest BCUT2D eigenvalue weighted by molar-refractivity contribution is 6.31. The van der Waals surface area contributed by atoms with Crippen LogP contribution in [0.2, 0.25) is 5.02 Å². The van der Waals surface area contributed by atoms with Crippen LogP contribution in [0.5, 0.6) is 0 Å². The molecule has 2 rings (SSSR count). The number of methoxy groups -OCH3 is 1. The average Bonchev–Trinajstić information content (AvgIpc) is 2.88. The van der Waals surface area contributed by atoms with E-state index in [0.717, 1.165) is 12.8 Å². The number of aromatic nitrogens is 2. The number of nitrogens with two attached hydrogens (primary N) is 1. The first-order valence-electron chi connectivity index (χ1n) is 6.07. The summed E-state index contributed by atoms with van der Waals surface area (Å²) in [6.45, 7) is 2.07. The van der Waals surface area contributed by atoms with E-state index in [2.05, 4.69) is 17.1 Å². The van der Waals surface area contributed by atoms with E-state index in [4.69, 9.17) is 26.6 Å². The van der Waals surface area contributed by atoms with Gasteiger partial charge in [-0.05, 0) is 24.6 Å². The zero-order valence-electron chi connectivity index (χ0n) is 10.9. The van der Waals surface area contributed by atoms with Crippen LogP contribution in [0.15, 0.2) is 22.7 Å². The molecular weight excluding hydrogens is 266 g/mol. The molecule has 0 bridgehead atoms. The van der Waals surface area contributed by atoms with Gasteiger partial charge in [0, 0.05) is 17.8 Å². The first kappa shape index (κ1) is 13.8. The first-order chi connectivity index (χ1) is 9.15. The van der Waals surface area contributed by atoms with E-state index in [1.165, 1.54) is 0 Å². The van der Waals surface area contributed by atoms with Crippen molar-refractivity contribution in [1.82, 2.24) is 10.1 Å². The second kappa shape index (κ2) is 6.04. The van der Waals surface area contributed by atoms with Gasteiger partial charge in [-0.15, -0.1) is 0 Å². The summed E-state index contributed by atoms with van der Waals surface area (Å²) < 4.78 is 10.6. The molecule has 1 unspecified atom stereocenters. The Labute approximate surface area is 116 Å². The van der Waals surface area contributed by atoms with Crippen LogP contribution in [0.3, 0.4) is 0 Å². The van der Waals surface area contributed by atoms with Gasteiger partial charge < -0.3 is 15.0 Å². The van der Waals surface area contributed by atoms with E-state index in [-0.39, 0.29) is 6.10 Å². The minimum absolute atomic E-state index is 0.164. The highest BCUT2D eigenvalue weighted by atomic mass is 35.5. The number of benzene rings is 1. The van der Waals surface area contributed by atoms with Gasteiger partial charge in [0.05, 0.1) is 5.56 Å². The molecule has 0 aliphatic rings. The lowest BCUT2D eigenvalue weighted by Crippen LogP contribution is -2.03. The van der Waals surface area contributed by atoms with E-state index < -0.39 is 0 Å². The van der Waals surface area contributed by atoms with Crippen molar-refractivity contribution in [3.63, 3.8) is 0 Å². The van der Waals surface area contributed by atoms with Crippen LogP contribution in [0.25, 0.3) is 11.5 Å². The third-order valence-electron chi connectivity index (χ3n) is 2.81. The first-order valence-corrected chi connectivity index (χ1v) is 6.45. The topological polar surface area (TPSA) is 74.2 Å². The van der Waals surface area contributed by atoms with Gasteiger partial charge in [-0.3, -0.25) is 0 Å². The zero-order chi connectivity index (χ0) is 13.8. The minimum Gasteiger partial charge on any atom is -0.398 e. The lowest BCUT2D eigenvalue weighted by molar-refractivity contribution is 0.0854. The summed E-state index contributed by atoms with van der Waals surface area (Å²) >= 11 is 5.94. The molecule has 1 atom stereocenters. The summed E-state index contributed by atoms with van der Waals surface area (Å²) in [5, 5.41) is 4.51. The summed E-state index contributed by atoms with van der Waals surface area (Å²) in [7, 11) is 1.63. The maximum Gasteiger partial charge on any atom is 0.260 e. The van der Waals surface area contributed by atoms with Crippen molar-refractivity contribution in [3.05, 3.63) is 29.0 Å². The molecule has 0 saturated carbocycles. The fourth-order valence-electron chi connectivity index (χ4n) is 1.80. The summed E-state index contributed by atoms with van der Waals surface area (Å²) in [4.78, 5) is 4.33. The molecule has 102 valence electrons. The van der Waals surface area contributed by atoms with Crippen molar-refractivity contribution in [2.75, 3.05) is 12.8 Å². The van der Waals surface area contributed by atoms with Crippen LogP contribution < -0.4 is 5.73 Å². The molecule has 5 nitrogen and oxygen atoms in total. The molecule has 2 N–H and O–H groups in total. The monoisotopic (exact) mass is 281 g/mol. The molecule has 0 radical (unpaired) electrons. The Morgan fingerprint density at radius 1 is 1.47 bits per heavy atom. The summed E-state index contributed by atoms with van der Waals surface area (Å²) in [6.07, 6.45) is 1.64. The van der Waals surface area contributed by atoms with Gasteiger partial charge in [-0.2, -0.15) is 4.98 Å². The van der Waals surface area contributed by atoms with Crippen LogP contribution in [0, 0.1) is 0 Å². The molecule has 19 heavy (non-hydrogen) atoms. The fraction of sp³-hybridized carbons (Fsp3) is 0.385. The molecule has 6 heteroatoms. The van der Waals surface area contributed by atoms with E-state index in [1.807, 2.05) is 0 Å². The van der Waals surface area contributed by atoms with Crippen molar-refractivity contribution in [3.8, 4) is 11.5 Å². The van der Waals surface area contributed by atoms with Crippen LogP contribution in [-0.2, 0) is 4.74 Å². The van der Waals surface area contributed by atoms with Gasteiger partial charge in [-0.1, -0.05) is 30.1 Å². The lowest BCUT2D eigenvalue weighted by Gasteiger charge is -2.08. The average molecular weight is 282 g/mol. The van der Waals surface area contributed by atoms with Gasteiger partial charge in [-0.25, -0.2) is 0 Å². The maximum absolute atomic E-state index is 5.94. The van der Waals surface area contributed by atoms with Crippen LogP contribution in [0.1, 0.15) is 31.7 Å². The van der Waals surface area contributed by atoms with Gasteiger partial charge in [0.2, 0.25) is 5.82 Å². The van der Waals surface area contributed by atoms with Crippen molar-refractivity contribution in [2.24, 2.45) is 0 Å². The summed E-state index contributed by atoms with van der Waals surface area (Å²) in [5.41, 5.74) is 7.06. The molecule has 1 aromatic carbocycles. The summed E-state index contributed by atoms with van der Waals surface area (Å²) in [6, 6.07) is 5.13. The van der Waals surface area contributed by atoms with E-state index in [0.29, 0.717) is 28.0 Å². The molecule has 2 aromatic rings. The number of halogens is 1. The third kappa shape index (κ3) is 3.05. The molecule has 0 aliphatic carbocycles. The Hall–Kier alpha value is -1.59. The normalized spacial score (nSPS) is 12.6. The molecule has 0 fully saturated rings. The smallest absolute Gasteiger partial charge is 0.260 e. The minimum atomic E-state index is -0.164. The predicted octanol–water partition coefficient (Wildman–Crippen LogP) is 3.46. The van der Waals surface area contributed by atoms with E-state index in [1.54, 1.807) is 25.3 Å². The molecule has 1 aromatic heterocycles. The van der Waals surface area contributed by atoms with Gasteiger partial charge >= 0.3 is 0 Å². The number of nitrogens with zero attached hydrogens (tertiary/aromatic N) is 2. The lowest BCUT2D eigenvalue weighted by atomic mass is 10.2. The van der Waals surface area contributed by atoms with Crippen molar-refractivity contribution >= 4 is 17.3 Å². The second-order valence-electron chi connectivity index (χ2n) is 4.20. The molecular formula is C13H16ClN3O2.